The summed E-state index contributed by atoms with van der Waals surface area (Å²) >= 11 is 11.7. The van der Waals surface area contributed by atoms with Gasteiger partial charge in [-0.15, -0.1) is 23.2 Å². The van der Waals surface area contributed by atoms with Gasteiger partial charge in [-0.3, -0.25) is 4.79 Å². The molecule has 30 heavy (non-hydrogen) atoms. The van der Waals surface area contributed by atoms with Crippen molar-refractivity contribution in [2.45, 2.75) is 24.9 Å². The molecule has 2 aromatic rings. The summed E-state index contributed by atoms with van der Waals surface area (Å²) < 4.78 is 0. The van der Waals surface area contributed by atoms with E-state index in [-0.39, 0.29) is 6.42 Å². The molecule has 0 aromatic heterocycles. The molecule has 0 unspecified atom stereocenters. The van der Waals surface area contributed by atoms with Gasteiger partial charge < -0.3 is 21.1 Å². The minimum atomic E-state index is -1.11. The molecule has 2 aromatic carbocycles. The van der Waals surface area contributed by atoms with Gasteiger partial charge in [0.1, 0.15) is 6.04 Å². The zero-order valence-corrected chi connectivity index (χ0v) is 18.1. The van der Waals surface area contributed by atoms with Crippen LogP contribution in [0, 0.1) is 0 Å². The van der Waals surface area contributed by atoms with Crippen molar-refractivity contribution in [2.24, 2.45) is 5.73 Å². The molecular formula is C22H27Cl2N3O3. The molecule has 162 valence electrons. The van der Waals surface area contributed by atoms with E-state index in [1.165, 1.54) is 0 Å². The Morgan fingerprint density at radius 3 is 2.03 bits per heavy atom. The molecule has 2 atom stereocenters. The van der Waals surface area contributed by atoms with E-state index in [1.54, 1.807) is 0 Å². The van der Waals surface area contributed by atoms with Crippen molar-refractivity contribution in [3.8, 4) is 0 Å². The summed E-state index contributed by atoms with van der Waals surface area (Å²) in [6.07, 6.45) is 0.495. The molecule has 4 N–H and O–H groups in total. The van der Waals surface area contributed by atoms with Crippen molar-refractivity contribution in [1.29, 1.82) is 0 Å². The first-order valence-corrected chi connectivity index (χ1v) is 10.8. The van der Waals surface area contributed by atoms with Crippen molar-refractivity contribution in [3.63, 3.8) is 0 Å². The Morgan fingerprint density at radius 1 is 0.933 bits per heavy atom. The Balaban J connectivity index is 1.99. The standard InChI is InChI=1S/C22H27Cl2N3O3/c23-10-12-27(13-11-24)18-8-6-17(7-9-18)15-20(22(29)30)26-21(28)19(25)14-16-4-2-1-3-5-16/h1-9,19-20H,10-15,25H2,(H,26,28)(H,29,30)/t19-,20+/m1/s1. The Kier molecular flexibility index (Phi) is 9.94. The van der Waals surface area contributed by atoms with Gasteiger partial charge in [0.25, 0.3) is 0 Å². The van der Waals surface area contributed by atoms with Gasteiger partial charge in [-0.05, 0) is 29.7 Å². The number of carbonyl (C=O) groups excluding carboxylic acids is 1. The van der Waals surface area contributed by atoms with Gasteiger partial charge in [0.15, 0.2) is 0 Å². The predicted octanol–water partition coefficient (Wildman–Crippen LogP) is 2.65. The van der Waals surface area contributed by atoms with Gasteiger partial charge in [0, 0.05) is 37.0 Å². The van der Waals surface area contributed by atoms with Gasteiger partial charge in [-0.2, -0.15) is 0 Å². The lowest BCUT2D eigenvalue weighted by atomic mass is 10.0. The highest BCUT2D eigenvalue weighted by Crippen LogP contribution is 2.17. The number of rotatable bonds is 12. The molecule has 8 heteroatoms. The normalized spacial score (nSPS) is 12.8. The summed E-state index contributed by atoms with van der Waals surface area (Å²) in [6.45, 7) is 1.33. The highest BCUT2D eigenvalue weighted by molar-refractivity contribution is 6.18. The SMILES string of the molecule is N[C@H](Cc1ccccc1)C(=O)N[C@@H](Cc1ccc(N(CCCl)CCCl)cc1)C(=O)O. The average molecular weight is 452 g/mol. The number of nitrogens with zero attached hydrogens (tertiary/aromatic N) is 1. The number of anilines is 1. The summed E-state index contributed by atoms with van der Waals surface area (Å²) in [5, 5.41) is 12.1. The monoisotopic (exact) mass is 451 g/mol. The highest BCUT2D eigenvalue weighted by Gasteiger charge is 2.24. The van der Waals surface area contributed by atoms with E-state index in [4.69, 9.17) is 28.9 Å². The minimum absolute atomic E-state index is 0.157. The molecule has 0 bridgehead atoms. The lowest BCUT2D eigenvalue weighted by Crippen LogP contribution is -2.50. The molecule has 0 aliphatic heterocycles. The summed E-state index contributed by atoms with van der Waals surface area (Å²) in [6, 6.07) is 15.0. The third kappa shape index (κ3) is 7.52. The van der Waals surface area contributed by atoms with E-state index in [0.717, 1.165) is 16.8 Å². The van der Waals surface area contributed by atoms with E-state index in [1.807, 2.05) is 54.6 Å². The molecule has 0 aliphatic rings. The van der Waals surface area contributed by atoms with Crippen LogP contribution >= 0.6 is 23.2 Å². The fraction of sp³-hybridized carbons (Fsp3) is 0.364. The number of amides is 1. The molecule has 2 rings (SSSR count). The maximum Gasteiger partial charge on any atom is 0.326 e. The van der Waals surface area contributed by atoms with Gasteiger partial charge in [-0.25, -0.2) is 4.79 Å². The Morgan fingerprint density at radius 2 is 1.50 bits per heavy atom. The number of carboxylic acid groups (broad SMARTS) is 1. The molecule has 0 fully saturated rings. The number of nitrogens with two attached hydrogens (primary N) is 1. The average Bonchev–Trinajstić information content (AvgIpc) is 2.74. The predicted molar refractivity (Wildman–Crippen MR) is 121 cm³/mol. The first-order chi connectivity index (χ1) is 14.4. The van der Waals surface area contributed by atoms with E-state index in [0.29, 0.717) is 31.3 Å². The number of halogens is 2. The van der Waals surface area contributed by atoms with E-state index >= 15 is 0 Å². The fourth-order valence-electron chi connectivity index (χ4n) is 3.09. The van der Waals surface area contributed by atoms with Crippen molar-refractivity contribution < 1.29 is 14.7 Å². The maximum absolute atomic E-state index is 12.4. The van der Waals surface area contributed by atoms with Crippen LogP contribution in [0.25, 0.3) is 0 Å². The molecule has 0 saturated heterocycles. The fourth-order valence-corrected chi connectivity index (χ4v) is 3.50. The Bertz CT molecular complexity index is 797. The smallest absolute Gasteiger partial charge is 0.326 e. The van der Waals surface area contributed by atoms with Gasteiger partial charge in [-0.1, -0.05) is 42.5 Å². The molecule has 6 nitrogen and oxygen atoms in total. The first-order valence-electron chi connectivity index (χ1n) is 9.73. The summed E-state index contributed by atoms with van der Waals surface area (Å²) in [4.78, 5) is 26.1. The van der Waals surface area contributed by atoms with Gasteiger partial charge >= 0.3 is 5.97 Å². The maximum atomic E-state index is 12.4. The van der Waals surface area contributed by atoms with Crippen LogP contribution in [-0.4, -0.2) is 53.9 Å². The van der Waals surface area contributed by atoms with Crippen LogP contribution < -0.4 is 16.0 Å². The lowest BCUT2D eigenvalue weighted by molar-refractivity contribution is -0.141. The third-order valence-corrected chi connectivity index (χ3v) is 5.04. The van der Waals surface area contributed by atoms with Crippen molar-refractivity contribution in [3.05, 3.63) is 65.7 Å². The zero-order valence-electron chi connectivity index (χ0n) is 16.6. The number of nitrogens with one attached hydrogen (secondary N) is 1. The highest BCUT2D eigenvalue weighted by atomic mass is 35.5. The minimum Gasteiger partial charge on any atom is -0.480 e. The van der Waals surface area contributed by atoms with Gasteiger partial charge in [0.05, 0.1) is 6.04 Å². The largest absolute Gasteiger partial charge is 0.480 e. The second kappa shape index (κ2) is 12.4. The summed E-state index contributed by atoms with van der Waals surface area (Å²) in [7, 11) is 0. The quantitative estimate of drug-likeness (QED) is 0.431. The van der Waals surface area contributed by atoms with Crippen molar-refractivity contribution >= 4 is 40.8 Å². The van der Waals surface area contributed by atoms with Crippen LogP contribution in [0.5, 0.6) is 0 Å². The number of carbonyl (C=O) groups is 2. The molecule has 0 radical (unpaired) electrons. The lowest BCUT2D eigenvalue weighted by Gasteiger charge is -2.23. The molecule has 0 saturated carbocycles. The zero-order chi connectivity index (χ0) is 21.9. The van der Waals surface area contributed by atoms with Crippen molar-refractivity contribution in [2.75, 3.05) is 29.7 Å². The number of aliphatic carboxylic acids is 1. The molecule has 0 heterocycles. The number of alkyl halides is 2. The number of hydrogen-bond donors (Lipinski definition) is 3. The van der Waals surface area contributed by atoms with Crippen molar-refractivity contribution in [1.82, 2.24) is 5.32 Å². The van der Waals surface area contributed by atoms with Gasteiger partial charge in [0.2, 0.25) is 5.91 Å². The molecule has 1 amide bonds. The van der Waals surface area contributed by atoms with Crippen LogP contribution in [0.4, 0.5) is 5.69 Å². The second-order valence-corrected chi connectivity index (χ2v) is 7.69. The van der Waals surface area contributed by atoms with Crippen LogP contribution in [-0.2, 0) is 22.4 Å². The summed E-state index contributed by atoms with van der Waals surface area (Å²) in [5.41, 5.74) is 8.64. The molecule has 0 aliphatic carbocycles. The molecular weight excluding hydrogens is 425 g/mol. The topological polar surface area (TPSA) is 95.7 Å². The first kappa shape index (κ1) is 24.0. The Hall–Kier alpha value is -2.28. The number of benzene rings is 2. The van der Waals surface area contributed by atoms with Crippen LogP contribution in [0.15, 0.2) is 54.6 Å². The van der Waals surface area contributed by atoms with E-state index in [9.17, 15) is 14.7 Å². The number of hydrogen-bond acceptors (Lipinski definition) is 4. The summed E-state index contributed by atoms with van der Waals surface area (Å²) in [5.74, 6) is -0.632. The van der Waals surface area contributed by atoms with Crippen LogP contribution in [0.3, 0.4) is 0 Å². The molecule has 0 spiro atoms. The van der Waals surface area contributed by atoms with E-state index in [2.05, 4.69) is 10.2 Å². The van der Waals surface area contributed by atoms with Crippen LogP contribution in [0.2, 0.25) is 0 Å². The van der Waals surface area contributed by atoms with Crippen LogP contribution in [0.1, 0.15) is 11.1 Å². The van der Waals surface area contributed by atoms with E-state index < -0.39 is 24.0 Å². The number of carboxylic acids is 1. The third-order valence-electron chi connectivity index (χ3n) is 4.70. The Labute approximate surface area is 187 Å². The second-order valence-electron chi connectivity index (χ2n) is 6.93.